The molecule has 9 heteroatoms. The average Bonchev–Trinajstić information content (AvgIpc) is 3.00. The van der Waals surface area contributed by atoms with E-state index in [1.807, 2.05) is 31.2 Å². The van der Waals surface area contributed by atoms with Crippen LogP contribution in [-0.2, 0) is 10.0 Å². The number of nitrogens with one attached hydrogen (secondary N) is 1. The summed E-state index contributed by atoms with van der Waals surface area (Å²) in [4.78, 5) is 9.18. The monoisotopic (exact) mass is 413 g/mol. The number of rotatable bonds is 5. The maximum Gasteiger partial charge on any atom is 0.214 e. The van der Waals surface area contributed by atoms with Crippen molar-refractivity contribution >= 4 is 33.3 Å². The molecular weight excluding hydrogens is 386 g/mol. The molecule has 0 atom stereocenters. The molecule has 3 rings (SSSR count). The summed E-state index contributed by atoms with van der Waals surface area (Å²) in [6.07, 6.45) is 0.718. The summed E-state index contributed by atoms with van der Waals surface area (Å²) in [6, 6.07) is 7.92. The third-order valence-electron chi connectivity index (χ3n) is 4.92. The van der Waals surface area contributed by atoms with Crippen LogP contribution in [0.25, 0.3) is 0 Å². The fraction of sp³-hybridized carbons (Fsp3) is 0.611. The van der Waals surface area contributed by atoms with Crippen molar-refractivity contribution in [3.8, 4) is 0 Å². The topological polar surface area (TPSA) is 68.2 Å². The summed E-state index contributed by atoms with van der Waals surface area (Å²) in [5.41, 5.74) is 1.07. The van der Waals surface area contributed by atoms with E-state index in [-0.39, 0.29) is 5.75 Å². The minimum atomic E-state index is -3.05. The Kier molecular flexibility index (Phi) is 6.83. The Balaban J connectivity index is 1.57. The smallest absolute Gasteiger partial charge is 0.214 e. The highest BCUT2D eigenvalue weighted by Crippen LogP contribution is 2.26. The Morgan fingerprint density at radius 1 is 1.19 bits per heavy atom. The second kappa shape index (κ2) is 9.12. The van der Waals surface area contributed by atoms with Crippen molar-refractivity contribution in [2.24, 2.45) is 4.99 Å². The van der Waals surface area contributed by atoms with Gasteiger partial charge in [-0.25, -0.2) is 12.7 Å². The Hall–Kier alpha value is -1.51. The zero-order chi connectivity index (χ0) is 19.3. The average molecular weight is 414 g/mol. The highest BCUT2D eigenvalue weighted by Gasteiger charge is 2.27. The van der Waals surface area contributed by atoms with E-state index in [1.165, 1.54) is 0 Å². The van der Waals surface area contributed by atoms with Gasteiger partial charge in [0, 0.05) is 45.8 Å². The van der Waals surface area contributed by atoms with Gasteiger partial charge in [-0.3, -0.25) is 4.99 Å². The molecule has 1 aromatic carbocycles. The van der Waals surface area contributed by atoms with Crippen LogP contribution in [0.2, 0.25) is 5.02 Å². The summed E-state index contributed by atoms with van der Waals surface area (Å²) in [5, 5.41) is 4.10. The van der Waals surface area contributed by atoms with Crippen LogP contribution < -0.4 is 10.2 Å². The first-order valence-corrected chi connectivity index (χ1v) is 11.5. The van der Waals surface area contributed by atoms with Gasteiger partial charge in [-0.1, -0.05) is 23.7 Å². The van der Waals surface area contributed by atoms with Crippen LogP contribution in [-0.4, -0.2) is 81.7 Å². The van der Waals surface area contributed by atoms with Gasteiger partial charge in [-0.05, 0) is 25.5 Å². The largest absolute Gasteiger partial charge is 0.367 e. The minimum absolute atomic E-state index is 0.265. The van der Waals surface area contributed by atoms with E-state index in [9.17, 15) is 8.42 Å². The highest BCUT2D eigenvalue weighted by atomic mass is 35.5. The SMILES string of the molecule is CCNC(=NCCN1CCCS1(=O)=O)N1CCN(c2ccccc2Cl)CC1. The summed E-state index contributed by atoms with van der Waals surface area (Å²) >= 11 is 6.31. The molecule has 0 aliphatic carbocycles. The third kappa shape index (κ3) is 5.06. The first-order chi connectivity index (χ1) is 13.0. The van der Waals surface area contributed by atoms with E-state index in [1.54, 1.807) is 4.31 Å². The molecule has 0 spiro atoms. The predicted molar refractivity (Wildman–Crippen MR) is 111 cm³/mol. The van der Waals surface area contributed by atoms with Gasteiger partial charge >= 0.3 is 0 Å². The van der Waals surface area contributed by atoms with Crippen LogP contribution in [0.1, 0.15) is 13.3 Å². The lowest BCUT2D eigenvalue weighted by Gasteiger charge is -2.38. The van der Waals surface area contributed by atoms with Crippen LogP contribution in [0.4, 0.5) is 5.69 Å². The van der Waals surface area contributed by atoms with Gasteiger partial charge in [-0.15, -0.1) is 0 Å². The number of halogens is 1. The molecule has 2 aliphatic rings. The van der Waals surface area contributed by atoms with Crippen LogP contribution in [0.15, 0.2) is 29.3 Å². The molecule has 1 aromatic rings. The number of guanidine groups is 1. The van der Waals surface area contributed by atoms with Crippen molar-refractivity contribution in [2.45, 2.75) is 13.3 Å². The van der Waals surface area contributed by atoms with E-state index >= 15 is 0 Å². The van der Waals surface area contributed by atoms with Crippen LogP contribution >= 0.6 is 11.6 Å². The van der Waals surface area contributed by atoms with Crippen molar-refractivity contribution in [3.05, 3.63) is 29.3 Å². The van der Waals surface area contributed by atoms with Gasteiger partial charge in [-0.2, -0.15) is 0 Å². The summed E-state index contributed by atoms with van der Waals surface area (Å²) < 4.78 is 25.3. The van der Waals surface area contributed by atoms with Gasteiger partial charge < -0.3 is 15.1 Å². The van der Waals surface area contributed by atoms with Crippen LogP contribution in [0.3, 0.4) is 0 Å². The number of benzene rings is 1. The molecule has 2 saturated heterocycles. The number of sulfonamides is 1. The molecule has 150 valence electrons. The Bertz CT molecular complexity index is 763. The fourth-order valence-electron chi connectivity index (χ4n) is 3.50. The zero-order valence-corrected chi connectivity index (χ0v) is 17.3. The Morgan fingerprint density at radius 2 is 1.93 bits per heavy atom. The number of nitrogens with zero attached hydrogens (tertiary/aromatic N) is 4. The Labute approximate surface area is 167 Å². The molecule has 0 unspecified atom stereocenters. The minimum Gasteiger partial charge on any atom is -0.367 e. The first-order valence-electron chi connectivity index (χ1n) is 9.52. The van der Waals surface area contributed by atoms with Gasteiger partial charge in [0.1, 0.15) is 0 Å². The molecular formula is C18H28ClN5O2S. The number of hydrogen-bond acceptors (Lipinski definition) is 4. The summed E-state index contributed by atoms with van der Waals surface area (Å²) in [7, 11) is -3.05. The molecule has 2 fully saturated rings. The molecule has 2 heterocycles. The fourth-order valence-corrected chi connectivity index (χ4v) is 5.28. The maximum atomic E-state index is 11.9. The van der Waals surface area contributed by atoms with Crippen molar-refractivity contribution < 1.29 is 8.42 Å². The lowest BCUT2D eigenvalue weighted by Crippen LogP contribution is -2.52. The molecule has 0 bridgehead atoms. The second-order valence-corrected chi connectivity index (χ2v) is 9.23. The summed E-state index contributed by atoms with van der Waals surface area (Å²) in [6.45, 7) is 7.81. The normalized spacial score (nSPS) is 20.9. The van der Waals surface area contributed by atoms with Gasteiger partial charge in [0.25, 0.3) is 0 Å². The quantitative estimate of drug-likeness (QED) is 0.584. The molecule has 2 aliphatic heterocycles. The number of piperazine rings is 1. The molecule has 27 heavy (non-hydrogen) atoms. The Morgan fingerprint density at radius 3 is 2.56 bits per heavy atom. The molecule has 0 radical (unpaired) electrons. The highest BCUT2D eigenvalue weighted by molar-refractivity contribution is 7.89. The lowest BCUT2D eigenvalue weighted by molar-refractivity contribution is 0.371. The number of para-hydroxylation sites is 1. The van der Waals surface area contributed by atoms with Gasteiger partial charge in [0.05, 0.1) is 23.0 Å². The number of aliphatic imine (C=N–C) groups is 1. The third-order valence-corrected chi connectivity index (χ3v) is 7.20. The van der Waals surface area contributed by atoms with Crippen LogP contribution in [0, 0.1) is 0 Å². The van der Waals surface area contributed by atoms with E-state index < -0.39 is 10.0 Å². The van der Waals surface area contributed by atoms with E-state index in [0.717, 1.165) is 55.8 Å². The lowest BCUT2D eigenvalue weighted by atomic mass is 10.2. The van der Waals surface area contributed by atoms with E-state index in [2.05, 4.69) is 20.1 Å². The molecule has 0 amide bonds. The van der Waals surface area contributed by atoms with Crippen molar-refractivity contribution in [1.29, 1.82) is 0 Å². The molecule has 0 saturated carbocycles. The van der Waals surface area contributed by atoms with Crippen LogP contribution in [0.5, 0.6) is 0 Å². The van der Waals surface area contributed by atoms with Gasteiger partial charge in [0.2, 0.25) is 10.0 Å². The zero-order valence-electron chi connectivity index (χ0n) is 15.8. The summed E-state index contributed by atoms with van der Waals surface area (Å²) in [5.74, 6) is 1.12. The van der Waals surface area contributed by atoms with E-state index in [0.29, 0.717) is 19.6 Å². The second-order valence-electron chi connectivity index (χ2n) is 6.73. The molecule has 7 nitrogen and oxygen atoms in total. The number of hydrogen-bond donors (Lipinski definition) is 1. The molecule has 0 aromatic heterocycles. The first kappa shape index (κ1) is 20.2. The molecule has 1 N–H and O–H groups in total. The van der Waals surface area contributed by atoms with E-state index in [4.69, 9.17) is 11.6 Å². The number of anilines is 1. The van der Waals surface area contributed by atoms with Gasteiger partial charge in [0.15, 0.2) is 5.96 Å². The predicted octanol–water partition coefficient (Wildman–Crippen LogP) is 1.46. The van der Waals surface area contributed by atoms with Crippen molar-refractivity contribution in [2.75, 3.05) is 63.0 Å². The van der Waals surface area contributed by atoms with Crippen molar-refractivity contribution in [3.63, 3.8) is 0 Å². The standard InChI is InChI=1S/C18H28ClN5O2S/c1-2-20-18(21-8-10-24-9-5-15-27(24,25)26)23-13-11-22(12-14-23)17-7-4-3-6-16(17)19/h3-4,6-7H,2,5,8-15H2,1H3,(H,20,21). The van der Waals surface area contributed by atoms with Crippen molar-refractivity contribution in [1.82, 2.24) is 14.5 Å². The maximum absolute atomic E-state index is 11.9.